The minimum atomic E-state index is -1.10. The molecule has 2 heterocycles. The quantitative estimate of drug-likeness (QED) is 0.634. The van der Waals surface area contributed by atoms with Crippen LogP contribution >= 0.6 is 0 Å². The number of hydrogen-bond acceptors (Lipinski definition) is 4. The Kier molecular flexibility index (Phi) is 3.24. The Morgan fingerprint density at radius 2 is 2.11 bits per heavy atom. The fraction of sp³-hybridized carbons (Fsp3) is 0.455. The van der Waals surface area contributed by atoms with E-state index in [0.717, 1.165) is 11.1 Å². The Labute approximate surface area is 107 Å². The van der Waals surface area contributed by atoms with E-state index in [1.807, 2.05) is 4.98 Å². The van der Waals surface area contributed by atoms with E-state index in [4.69, 9.17) is 5.11 Å². The van der Waals surface area contributed by atoms with Crippen LogP contribution in [0.1, 0.15) is 23.7 Å². The third kappa shape index (κ3) is 2.28. The molecule has 8 heteroatoms. The molecule has 0 saturated carbocycles. The first-order chi connectivity index (χ1) is 8.91. The summed E-state index contributed by atoms with van der Waals surface area (Å²) in [5.41, 5.74) is -1.80. The molecular weight excluding hydrogens is 254 g/mol. The van der Waals surface area contributed by atoms with Crippen LogP contribution in [-0.2, 0) is 4.79 Å². The van der Waals surface area contributed by atoms with Crippen LogP contribution in [0.3, 0.4) is 0 Å². The first kappa shape index (κ1) is 13.1. The van der Waals surface area contributed by atoms with Crippen LogP contribution in [0.4, 0.5) is 0 Å². The van der Waals surface area contributed by atoms with E-state index in [9.17, 15) is 19.2 Å². The second-order valence-corrected chi connectivity index (χ2v) is 4.53. The lowest BCUT2D eigenvalue weighted by Crippen LogP contribution is -2.45. The van der Waals surface area contributed by atoms with E-state index in [1.165, 1.54) is 0 Å². The van der Waals surface area contributed by atoms with Crippen molar-refractivity contribution in [2.75, 3.05) is 6.54 Å². The predicted octanol–water partition coefficient (Wildman–Crippen LogP) is -1.00. The Hall–Kier alpha value is -2.38. The second kappa shape index (κ2) is 4.71. The van der Waals surface area contributed by atoms with E-state index < -0.39 is 29.2 Å². The molecule has 1 amide bonds. The minimum absolute atomic E-state index is 0.178. The van der Waals surface area contributed by atoms with Gasteiger partial charge in [0.05, 0.1) is 0 Å². The van der Waals surface area contributed by atoms with Crippen LogP contribution in [0.15, 0.2) is 15.8 Å². The Balaban J connectivity index is 2.36. The maximum Gasteiger partial charge on any atom is 0.326 e. The number of aliphatic carboxylic acids is 1. The first-order valence-electron chi connectivity index (χ1n) is 5.77. The SMILES string of the molecule is CC1CCN(C(=O)c2c[nH]c(=O)[nH]c2=O)C1C(=O)O. The number of hydrogen-bond donors (Lipinski definition) is 3. The maximum absolute atomic E-state index is 12.2. The molecule has 1 fully saturated rings. The largest absolute Gasteiger partial charge is 0.480 e. The van der Waals surface area contributed by atoms with Gasteiger partial charge in [-0.3, -0.25) is 14.6 Å². The zero-order chi connectivity index (χ0) is 14.2. The normalized spacial score (nSPS) is 22.5. The van der Waals surface area contributed by atoms with Crippen molar-refractivity contribution in [1.29, 1.82) is 0 Å². The van der Waals surface area contributed by atoms with E-state index >= 15 is 0 Å². The van der Waals surface area contributed by atoms with E-state index in [2.05, 4.69) is 4.98 Å². The van der Waals surface area contributed by atoms with Gasteiger partial charge in [0, 0.05) is 12.7 Å². The number of likely N-dealkylation sites (tertiary alicyclic amines) is 1. The second-order valence-electron chi connectivity index (χ2n) is 4.53. The molecule has 0 bridgehead atoms. The first-order valence-corrected chi connectivity index (χ1v) is 5.77. The molecule has 0 spiro atoms. The molecule has 1 aromatic heterocycles. The molecule has 0 aromatic carbocycles. The highest BCUT2D eigenvalue weighted by Crippen LogP contribution is 2.25. The summed E-state index contributed by atoms with van der Waals surface area (Å²) in [4.78, 5) is 51.0. The van der Waals surface area contributed by atoms with Crippen LogP contribution in [0.2, 0.25) is 0 Å². The molecule has 2 rings (SSSR count). The highest BCUT2D eigenvalue weighted by molar-refractivity contribution is 5.96. The van der Waals surface area contributed by atoms with Crippen LogP contribution in [0, 0.1) is 5.92 Å². The molecule has 1 aliphatic rings. The van der Waals surface area contributed by atoms with E-state index in [0.29, 0.717) is 6.42 Å². The van der Waals surface area contributed by atoms with Crippen molar-refractivity contribution in [1.82, 2.24) is 14.9 Å². The number of rotatable bonds is 2. The van der Waals surface area contributed by atoms with Crippen LogP contribution in [0.5, 0.6) is 0 Å². The lowest BCUT2D eigenvalue weighted by Gasteiger charge is -2.22. The zero-order valence-corrected chi connectivity index (χ0v) is 10.2. The topological polar surface area (TPSA) is 123 Å². The maximum atomic E-state index is 12.2. The van der Waals surface area contributed by atoms with Gasteiger partial charge in [0.2, 0.25) is 0 Å². The van der Waals surface area contributed by atoms with Crippen molar-refractivity contribution in [2.24, 2.45) is 5.92 Å². The molecule has 19 heavy (non-hydrogen) atoms. The highest BCUT2D eigenvalue weighted by Gasteiger charge is 2.40. The van der Waals surface area contributed by atoms with Gasteiger partial charge in [-0.05, 0) is 12.3 Å². The number of carboxylic acids is 1. The van der Waals surface area contributed by atoms with Crippen LogP contribution in [0.25, 0.3) is 0 Å². The molecule has 1 saturated heterocycles. The van der Waals surface area contributed by atoms with Gasteiger partial charge < -0.3 is 15.0 Å². The number of amides is 1. The van der Waals surface area contributed by atoms with Crippen molar-refractivity contribution in [3.63, 3.8) is 0 Å². The lowest BCUT2D eigenvalue weighted by atomic mass is 10.0. The molecule has 2 atom stereocenters. The summed E-state index contributed by atoms with van der Waals surface area (Å²) in [6.45, 7) is 2.01. The van der Waals surface area contributed by atoms with Crippen molar-refractivity contribution in [3.8, 4) is 0 Å². The summed E-state index contributed by atoms with van der Waals surface area (Å²) in [5.74, 6) is -1.96. The fourth-order valence-electron chi connectivity index (χ4n) is 2.27. The van der Waals surface area contributed by atoms with E-state index in [-0.39, 0.29) is 18.0 Å². The molecular formula is C11H13N3O5. The number of aromatic nitrogens is 2. The monoisotopic (exact) mass is 267 g/mol. The molecule has 1 aliphatic heterocycles. The molecule has 2 unspecified atom stereocenters. The lowest BCUT2D eigenvalue weighted by molar-refractivity contribution is -0.142. The predicted molar refractivity (Wildman–Crippen MR) is 63.9 cm³/mol. The van der Waals surface area contributed by atoms with Gasteiger partial charge in [0.1, 0.15) is 11.6 Å². The van der Waals surface area contributed by atoms with Gasteiger partial charge in [-0.15, -0.1) is 0 Å². The van der Waals surface area contributed by atoms with Crippen LogP contribution < -0.4 is 11.2 Å². The molecule has 102 valence electrons. The summed E-state index contributed by atoms with van der Waals surface area (Å²) in [5, 5.41) is 9.13. The molecule has 0 aliphatic carbocycles. The summed E-state index contributed by atoms with van der Waals surface area (Å²) >= 11 is 0. The number of carboxylic acid groups (broad SMARTS) is 1. The zero-order valence-electron chi connectivity index (χ0n) is 10.2. The number of carbonyl (C=O) groups excluding carboxylic acids is 1. The number of nitrogens with one attached hydrogen (secondary N) is 2. The highest BCUT2D eigenvalue weighted by atomic mass is 16.4. The number of H-pyrrole nitrogens is 2. The van der Waals surface area contributed by atoms with Crippen molar-refractivity contribution in [3.05, 3.63) is 32.6 Å². The average Bonchev–Trinajstić information content (AvgIpc) is 2.70. The average molecular weight is 267 g/mol. The van der Waals surface area contributed by atoms with Gasteiger partial charge in [-0.25, -0.2) is 9.59 Å². The Morgan fingerprint density at radius 3 is 2.68 bits per heavy atom. The smallest absolute Gasteiger partial charge is 0.326 e. The van der Waals surface area contributed by atoms with Gasteiger partial charge >= 0.3 is 11.7 Å². The molecule has 1 aromatic rings. The van der Waals surface area contributed by atoms with E-state index in [1.54, 1.807) is 6.92 Å². The summed E-state index contributed by atoms with van der Waals surface area (Å²) in [7, 11) is 0. The van der Waals surface area contributed by atoms with Gasteiger partial charge in [0.25, 0.3) is 11.5 Å². The molecule has 8 nitrogen and oxygen atoms in total. The van der Waals surface area contributed by atoms with Crippen molar-refractivity contribution < 1.29 is 14.7 Å². The van der Waals surface area contributed by atoms with Crippen LogP contribution in [-0.4, -0.2) is 44.4 Å². The Bertz CT molecular complexity index is 632. The Morgan fingerprint density at radius 1 is 1.42 bits per heavy atom. The summed E-state index contributed by atoms with van der Waals surface area (Å²) < 4.78 is 0. The van der Waals surface area contributed by atoms with Gasteiger partial charge in [-0.2, -0.15) is 0 Å². The van der Waals surface area contributed by atoms with Gasteiger partial charge in [-0.1, -0.05) is 6.92 Å². The molecule has 3 N–H and O–H groups in total. The fourth-order valence-corrected chi connectivity index (χ4v) is 2.27. The third-order valence-electron chi connectivity index (χ3n) is 3.26. The number of aromatic amines is 2. The minimum Gasteiger partial charge on any atom is -0.480 e. The van der Waals surface area contributed by atoms with Gasteiger partial charge in [0.15, 0.2) is 0 Å². The summed E-state index contributed by atoms with van der Waals surface area (Å²) in [6.07, 6.45) is 1.56. The van der Waals surface area contributed by atoms with Crippen molar-refractivity contribution >= 4 is 11.9 Å². The molecule has 0 radical (unpaired) electrons. The summed E-state index contributed by atoms with van der Waals surface area (Å²) in [6, 6.07) is -0.946. The van der Waals surface area contributed by atoms with Crippen molar-refractivity contribution in [2.45, 2.75) is 19.4 Å². The number of nitrogens with zero attached hydrogens (tertiary/aromatic N) is 1. The number of carbonyl (C=O) groups is 2. The standard InChI is InChI=1S/C11H13N3O5/c1-5-2-3-14(7(5)10(17)18)9(16)6-4-12-11(19)13-8(6)15/h4-5,7H,2-3H2,1H3,(H,17,18)(H2,12,13,15,19). The third-order valence-corrected chi connectivity index (χ3v) is 3.26.